The number of carbonyl (C=O) groups excluding carboxylic acids is 1. The summed E-state index contributed by atoms with van der Waals surface area (Å²) in [6, 6.07) is 32.8. The molecule has 1 aromatic heterocycles. The Morgan fingerprint density at radius 2 is 1.52 bits per heavy atom. The molecule has 0 aliphatic rings. The van der Waals surface area contributed by atoms with Gasteiger partial charge in [0, 0.05) is 17.2 Å². The van der Waals surface area contributed by atoms with E-state index in [9.17, 15) is 9.59 Å². The highest BCUT2D eigenvalue weighted by Gasteiger charge is 2.12. The van der Waals surface area contributed by atoms with E-state index in [1.165, 1.54) is 24.5 Å². The lowest BCUT2D eigenvalue weighted by Gasteiger charge is -2.08. The monoisotopic (exact) mass is 574 g/mol. The number of hydrogen-bond donors (Lipinski definition) is 0. The van der Waals surface area contributed by atoms with E-state index in [2.05, 4.69) is 0 Å². The van der Waals surface area contributed by atoms with Crippen LogP contribution in [0.1, 0.15) is 11.1 Å². The summed E-state index contributed by atoms with van der Waals surface area (Å²) >= 11 is 5.91. The van der Waals surface area contributed by atoms with E-state index in [4.69, 9.17) is 30.2 Å². The van der Waals surface area contributed by atoms with E-state index in [0.717, 1.165) is 21.9 Å². The van der Waals surface area contributed by atoms with Crippen LogP contribution in [0.2, 0.25) is 5.02 Å². The first-order chi connectivity index (χ1) is 20.5. The molecule has 0 N–H and O–H groups in total. The molecule has 0 bridgehead atoms. The number of fused-ring (bicyclic) bond motifs is 2. The lowest BCUT2D eigenvalue weighted by atomic mass is 10.1. The zero-order valence-electron chi connectivity index (χ0n) is 22.2. The minimum Gasteiger partial charge on any atom is -0.489 e. The van der Waals surface area contributed by atoms with E-state index in [-0.39, 0.29) is 22.5 Å². The normalized spacial score (nSPS) is 11.2. The van der Waals surface area contributed by atoms with Crippen molar-refractivity contribution in [2.75, 3.05) is 0 Å². The molecule has 0 fully saturated rings. The fraction of sp³-hybridized carbons (Fsp3) is 0.0286. The fourth-order valence-corrected chi connectivity index (χ4v) is 4.45. The Hall–Kier alpha value is -5.33. The van der Waals surface area contributed by atoms with Gasteiger partial charge in [0.25, 0.3) is 0 Å². The molecule has 0 atom stereocenters. The van der Waals surface area contributed by atoms with Crippen LogP contribution in [-0.2, 0) is 11.4 Å². The number of ether oxygens (including phenoxy) is 3. The van der Waals surface area contributed by atoms with Crippen molar-refractivity contribution in [2.45, 2.75) is 6.61 Å². The zero-order valence-corrected chi connectivity index (χ0v) is 22.9. The van der Waals surface area contributed by atoms with Gasteiger partial charge in [-0.15, -0.1) is 0 Å². The average molecular weight is 575 g/mol. The smallest absolute Gasteiger partial charge is 0.336 e. The first-order valence-corrected chi connectivity index (χ1v) is 13.5. The quantitative estimate of drug-likeness (QED) is 0.103. The molecular weight excluding hydrogens is 552 g/mol. The largest absolute Gasteiger partial charge is 0.489 e. The van der Waals surface area contributed by atoms with E-state index < -0.39 is 5.97 Å². The molecule has 0 aliphatic carbocycles. The molecule has 5 aromatic carbocycles. The maximum absolute atomic E-state index is 13.0. The number of halogens is 1. The fourth-order valence-electron chi connectivity index (χ4n) is 4.32. The van der Waals surface area contributed by atoms with Crippen molar-refractivity contribution in [3.05, 3.63) is 148 Å². The van der Waals surface area contributed by atoms with Crippen LogP contribution in [0.25, 0.3) is 27.8 Å². The maximum Gasteiger partial charge on any atom is 0.336 e. The molecule has 42 heavy (non-hydrogen) atoms. The van der Waals surface area contributed by atoms with Gasteiger partial charge in [0.2, 0.25) is 11.2 Å². The number of rotatable bonds is 8. The summed E-state index contributed by atoms with van der Waals surface area (Å²) in [5.74, 6) is 0.961. The summed E-state index contributed by atoms with van der Waals surface area (Å²) in [5.41, 5.74) is 1.75. The van der Waals surface area contributed by atoms with Crippen LogP contribution in [-0.4, -0.2) is 5.97 Å². The van der Waals surface area contributed by atoms with Crippen LogP contribution in [0.3, 0.4) is 0 Å². The molecule has 6 nitrogen and oxygen atoms in total. The van der Waals surface area contributed by atoms with Gasteiger partial charge in [-0.25, -0.2) is 4.79 Å². The molecule has 1 heterocycles. The molecule has 0 spiro atoms. The van der Waals surface area contributed by atoms with Crippen molar-refractivity contribution in [3.8, 4) is 23.0 Å². The highest BCUT2D eigenvalue weighted by atomic mass is 35.5. The first-order valence-electron chi connectivity index (χ1n) is 13.1. The predicted molar refractivity (Wildman–Crippen MR) is 163 cm³/mol. The summed E-state index contributed by atoms with van der Waals surface area (Å²) in [7, 11) is 0. The van der Waals surface area contributed by atoms with Crippen molar-refractivity contribution < 1.29 is 23.4 Å². The molecule has 0 saturated heterocycles. The summed E-state index contributed by atoms with van der Waals surface area (Å²) < 4.78 is 22.7. The highest BCUT2D eigenvalue weighted by molar-refractivity contribution is 6.30. The Kier molecular flexibility index (Phi) is 7.70. The minimum atomic E-state index is -0.573. The van der Waals surface area contributed by atoms with Gasteiger partial charge in [-0.05, 0) is 76.5 Å². The topological polar surface area (TPSA) is 75.0 Å². The Bertz CT molecular complexity index is 1980. The lowest BCUT2D eigenvalue weighted by molar-refractivity contribution is -0.128. The summed E-state index contributed by atoms with van der Waals surface area (Å²) in [6.07, 6.45) is 4.22. The highest BCUT2D eigenvalue weighted by Crippen LogP contribution is 2.27. The van der Waals surface area contributed by atoms with Gasteiger partial charge in [-0.1, -0.05) is 66.2 Å². The number of carbonyl (C=O) groups is 1. The van der Waals surface area contributed by atoms with E-state index >= 15 is 0 Å². The molecule has 0 amide bonds. The van der Waals surface area contributed by atoms with Crippen LogP contribution >= 0.6 is 11.6 Å². The summed E-state index contributed by atoms with van der Waals surface area (Å²) in [4.78, 5) is 25.5. The Morgan fingerprint density at radius 1 is 0.786 bits per heavy atom. The third kappa shape index (κ3) is 6.35. The van der Waals surface area contributed by atoms with Crippen molar-refractivity contribution in [3.63, 3.8) is 0 Å². The van der Waals surface area contributed by atoms with Crippen LogP contribution in [0, 0.1) is 0 Å². The van der Waals surface area contributed by atoms with Gasteiger partial charge in [0.1, 0.15) is 35.7 Å². The summed E-state index contributed by atoms with van der Waals surface area (Å²) in [5, 5.41) is 3.05. The molecule has 0 aliphatic heterocycles. The van der Waals surface area contributed by atoms with Crippen LogP contribution in [0.4, 0.5) is 0 Å². The molecule has 0 saturated carbocycles. The maximum atomic E-state index is 13.0. The molecule has 0 unspecified atom stereocenters. The second kappa shape index (κ2) is 12.0. The first kappa shape index (κ1) is 26.9. The average Bonchev–Trinajstić information content (AvgIpc) is 3.01. The molecular formula is C35H23ClO6. The zero-order chi connectivity index (χ0) is 28.9. The van der Waals surface area contributed by atoms with Gasteiger partial charge in [-0.3, -0.25) is 4.79 Å². The van der Waals surface area contributed by atoms with E-state index in [1.54, 1.807) is 18.2 Å². The van der Waals surface area contributed by atoms with E-state index in [1.807, 2.05) is 84.9 Å². The Morgan fingerprint density at radius 3 is 2.33 bits per heavy atom. The van der Waals surface area contributed by atoms with Gasteiger partial charge in [-0.2, -0.15) is 0 Å². The van der Waals surface area contributed by atoms with Crippen LogP contribution in [0.15, 0.2) is 131 Å². The summed E-state index contributed by atoms with van der Waals surface area (Å²) in [6.45, 7) is 0.420. The number of benzene rings is 5. The lowest BCUT2D eigenvalue weighted by Crippen LogP contribution is -2.06. The predicted octanol–water partition coefficient (Wildman–Crippen LogP) is 8.59. The SMILES string of the molecule is O=C(C=Cc1ccc(OCc2ccc(Cl)cc2)cc1)Oc1ccc2c(=O)c(Oc3ccc4ccccc4c3)coc2c1. The van der Waals surface area contributed by atoms with Crippen molar-refractivity contribution in [1.29, 1.82) is 0 Å². The number of hydrogen-bond acceptors (Lipinski definition) is 6. The van der Waals surface area contributed by atoms with Crippen LogP contribution in [0.5, 0.6) is 23.0 Å². The second-order valence-electron chi connectivity index (χ2n) is 9.44. The molecule has 0 radical (unpaired) electrons. The number of esters is 1. The Labute approximate surface area is 246 Å². The van der Waals surface area contributed by atoms with Gasteiger partial charge >= 0.3 is 5.97 Å². The molecule has 6 rings (SSSR count). The van der Waals surface area contributed by atoms with Gasteiger partial charge in [0.15, 0.2) is 0 Å². The van der Waals surface area contributed by atoms with Crippen molar-refractivity contribution >= 4 is 45.4 Å². The van der Waals surface area contributed by atoms with Gasteiger partial charge < -0.3 is 18.6 Å². The van der Waals surface area contributed by atoms with E-state index in [0.29, 0.717) is 28.5 Å². The molecule has 6 aromatic rings. The minimum absolute atomic E-state index is 0.0619. The van der Waals surface area contributed by atoms with Crippen LogP contribution < -0.4 is 19.6 Å². The molecule has 206 valence electrons. The third-order valence-corrected chi connectivity index (χ3v) is 6.74. The standard InChI is InChI=1S/C35H23ClO6/c36-27-11-5-24(6-12-27)21-39-28-13-7-23(8-14-28)9-18-34(37)42-30-16-17-31-32(20-30)40-22-33(35(31)38)41-29-15-10-25-3-1-2-4-26(25)19-29/h1-20,22H,21H2. The van der Waals surface area contributed by atoms with Crippen molar-refractivity contribution in [1.82, 2.24) is 0 Å². The molecule has 7 heteroatoms. The Balaban J connectivity index is 1.08. The second-order valence-corrected chi connectivity index (χ2v) is 9.87. The third-order valence-electron chi connectivity index (χ3n) is 6.49. The van der Waals surface area contributed by atoms with Gasteiger partial charge in [0.05, 0.1) is 5.39 Å². The van der Waals surface area contributed by atoms with Crippen molar-refractivity contribution in [2.24, 2.45) is 0 Å².